The largest absolute Gasteiger partial charge is 0.465 e. The highest BCUT2D eigenvalue weighted by Crippen LogP contribution is 2.39. The lowest BCUT2D eigenvalue weighted by Gasteiger charge is -2.46. The van der Waals surface area contributed by atoms with Crippen LogP contribution >= 0.6 is 11.6 Å². The molecule has 3 rings (SSSR count). The van der Waals surface area contributed by atoms with Crippen LogP contribution in [0.25, 0.3) is 0 Å². The monoisotopic (exact) mass is 485 g/mol. The van der Waals surface area contributed by atoms with Crippen molar-refractivity contribution in [2.45, 2.75) is 59.4 Å². The van der Waals surface area contributed by atoms with E-state index in [0.717, 1.165) is 29.9 Å². The lowest BCUT2D eigenvalue weighted by molar-refractivity contribution is -0.128. The molecule has 2 amide bonds. The van der Waals surface area contributed by atoms with Gasteiger partial charge in [-0.2, -0.15) is 0 Å². The van der Waals surface area contributed by atoms with E-state index in [-0.39, 0.29) is 24.3 Å². The molecule has 0 aliphatic heterocycles. The fourth-order valence-electron chi connectivity index (χ4n) is 4.77. The molecule has 0 saturated heterocycles. The Morgan fingerprint density at radius 2 is 1.74 bits per heavy atom. The second-order valence-corrected chi connectivity index (χ2v) is 10.6. The number of carbonyl (C=O) groups excluding carboxylic acids is 1. The number of nitrogens with zero attached hydrogens (tertiary/aromatic N) is 2. The SMILES string of the molecule is CCN(CC)c1ccc(NC(=O)[C@@]2(N(CC(C)(C)C)C(=O)O)CCc3cccc(Cl)c3C2)cc1. The predicted octanol–water partition coefficient (Wildman–Crippen LogP) is 6.08. The van der Waals surface area contributed by atoms with Crippen molar-refractivity contribution in [3.63, 3.8) is 0 Å². The number of anilines is 2. The number of carboxylic acid groups (broad SMARTS) is 1. The van der Waals surface area contributed by atoms with E-state index in [4.69, 9.17) is 11.6 Å². The molecule has 1 aliphatic carbocycles. The number of nitrogens with one attached hydrogen (secondary N) is 1. The Hall–Kier alpha value is -2.73. The molecule has 2 aromatic carbocycles. The second kappa shape index (κ2) is 10.3. The molecule has 6 nitrogen and oxygen atoms in total. The summed E-state index contributed by atoms with van der Waals surface area (Å²) < 4.78 is 0. The zero-order chi connectivity index (χ0) is 25.1. The molecule has 0 fully saturated rings. The minimum Gasteiger partial charge on any atom is -0.465 e. The number of fused-ring (bicyclic) bond motifs is 1. The Labute approximate surface area is 207 Å². The van der Waals surface area contributed by atoms with Crippen LogP contribution in [0.5, 0.6) is 0 Å². The molecule has 0 spiro atoms. The van der Waals surface area contributed by atoms with E-state index in [1.807, 2.05) is 57.2 Å². The molecular weight excluding hydrogens is 450 g/mol. The highest BCUT2D eigenvalue weighted by molar-refractivity contribution is 6.31. The van der Waals surface area contributed by atoms with Crippen LogP contribution in [0.15, 0.2) is 42.5 Å². The Balaban J connectivity index is 1.99. The Kier molecular flexibility index (Phi) is 7.81. The third-order valence-electron chi connectivity index (χ3n) is 6.55. The van der Waals surface area contributed by atoms with Gasteiger partial charge < -0.3 is 15.3 Å². The summed E-state index contributed by atoms with van der Waals surface area (Å²) in [7, 11) is 0. The average Bonchev–Trinajstić information content (AvgIpc) is 2.79. The van der Waals surface area contributed by atoms with Crippen molar-refractivity contribution in [1.29, 1.82) is 0 Å². The summed E-state index contributed by atoms with van der Waals surface area (Å²) in [6.45, 7) is 12.2. The van der Waals surface area contributed by atoms with Gasteiger partial charge in [-0.1, -0.05) is 44.5 Å². The quantitative estimate of drug-likeness (QED) is 0.498. The number of rotatable bonds is 7. The van der Waals surface area contributed by atoms with E-state index in [2.05, 4.69) is 24.1 Å². The van der Waals surface area contributed by atoms with Gasteiger partial charge in [-0.05, 0) is 73.6 Å². The normalized spacial score (nSPS) is 17.6. The molecule has 2 N–H and O–H groups in total. The average molecular weight is 486 g/mol. The first-order chi connectivity index (χ1) is 16.0. The van der Waals surface area contributed by atoms with Crippen molar-refractivity contribution in [1.82, 2.24) is 4.90 Å². The van der Waals surface area contributed by atoms with Gasteiger partial charge in [-0.3, -0.25) is 9.69 Å². The molecule has 0 saturated carbocycles. The van der Waals surface area contributed by atoms with Crippen LogP contribution in [0.3, 0.4) is 0 Å². The van der Waals surface area contributed by atoms with Crippen molar-refractivity contribution in [3.05, 3.63) is 58.6 Å². The van der Waals surface area contributed by atoms with Gasteiger partial charge in [-0.15, -0.1) is 0 Å². The van der Waals surface area contributed by atoms with Crippen LogP contribution in [0.1, 0.15) is 52.2 Å². The zero-order valence-corrected chi connectivity index (χ0v) is 21.6. The topological polar surface area (TPSA) is 72.9 Å². The molecule has 2 aromatic rings. The number of hydrogen-bond acceptors (Lipinski definition) is 3. The third kappa shape index (κ3) is 5.49. The summed E-state index contributed by atoms with van der Waals surface area (Å²) in [5, 5.41) is 13.8. The molecule has 0 radical (unpaired) electrons. The van der Waals surface area contributed by atoms with Gasteiger partial charge in [0.15, 0.2) is 0 Å². The minimum absolute atomic E-state index is 0.233. The molecule has 0 aromatic heterocycles. The van der Waals surface area contributed by atoms with Crippen molar-refractivity contribution in [2.75, 3.05) is 29.9 Å². The lowest BCUT2D eigenvalue weighted by atomic mass is 9.75. The van der Waals surface area contributed by atoms with Crippen LogP contribution in [0.4, 0.5) is 16.2 Å². The number of benzene rings is 2. The Morgan fingerprint density at radius 3 is 2.29 bits per heavy atom. The van der Waals surface area contributed by atoms with E-state index < -0.39 is 11.6 Å². The van der Waals surface area contributed by atoms with E-state index >= 15 is 0 Å². The molecule has 0 heterocycles. The van der Waals surface area contributed by atoms with Crippen molar-refractivity contribution >= 4 is 35.0 Å². The van der Waals surface area contributed by atoms with Crippen LogP contribution < -0.4 is 10.2 Å². The van der Waals surface area contributed by atoms with Gasteiger partial charge in [0.2, 0.25) is 0 Å². The molecule has 1 atom stereocenters. The fraction of sp³-hybridized carbons (Fsp3) is 0.481. The number of amides is 2. The molecule has 0 unspecified atom stereocenters. The molecule has 34 heavy (non-hydrogen) atoms. The molecule has 0 bridgehead atoms. The van der Waals surface area contributed by atoms with E-state index in [9.17, 15) is 14.7 Å². The summed E-state index contributed by atoms with van der Waals surface area (Å²) in [6, 6.07) is 13.4. The first-order valence-electron chi connectivity index (χ1n) is 11.9. The van der Waals surface area contributed by atoms with Gasteiger partial charge in [0.1, 0.15) is 5.54 Å². The van der Waals surface area contributed by atoms with Gasteiger partial charge in [-0.25, -0.2) is 4.79 Å². The standard InChI is InChI=1S/C27H36ClN3O3/c1-6-30(7-2)21-13-11-20(12-14-21)29-24(32)27(31(25(33)34)18-26(3,4)5)16-15-19-9-8-10-23(28)22(19)17-27/h8-14H,6-7,15-18H2,1-5H3,(H,29,32)(H,33,34)/t27-/m1/s1. The second-order valence-electron chi connectivity index (χ2n) is 10.2. The van der Waals surface area contributed by atoms with E-state index in [1.54, 1.807) is 6.07 Å². The first kappa shape index (κ1) is 25.9. The lowest BCUT2D eigenvalue weighted by Crippen LogP contribution is -2.63. The first-order valence-corrected chi connectivity index (χ1v) is 12.3. The highest BCUT2D eigenvalue weighted by Gasteiger charge is 2.50. The van der Waals surface area contributed by atoms with Crippen molar-refractivity contribution in [2.24, 2.45) is 5.41 Å². The molecular formula is C27H36ClN3O3. The number of hydrogen-bond donors (Lipinski definition) is 2. The highest BCUT2D eigenvalue weighted by atomic mass is 35.5. The van der Waals surface area contributed by atoms with Crippen LogP contribution in [0, 0.1) is 5.41 Å². The summed E-state index contributed by atoms with van der Waals surface area (Å²) in [6.07, 6.45) is 0.121. The minimum atomic E-state index is -1.26. The predicted molar refractivity (Wildman–Crippen MR) is 139 cm³/mol. The van der Waals surface area contributed by atoms with E-state index in [0.29, 0.717) is 23.6 Å². The van der Waals surface area contributed by atoms with Gasteiger partial charge in [0.05, 0.1) is 0 Å². The third-order valence-corrected chi connectivity index (χ3v) is 6.90. The molecule has 184 valence electrons. The van der Waals surface area contributed by atoms with Gasteiger partial charge in [0.25, 0.3) is 5.91 Å². The van der Waals surface area contributed by atoms with E-state index in [1.165, 1.54) is 4.90 Å². The summed E-state index contributed by atoms with van der Waals surface area (Å²) in [5.41, 5.74) is 2.07. The summed E-state index contributed by atoms with van der Waals surface area (Å²) in [5.74, 6) is -0.319. The van der Waals surface area contributed by atoms with Crippen LogP contribution in [0.2, 0.25) is 5.02 Å². The summed E-state index contributed by atoms with van der Waals surface area (Å²) >= 11 is 6.52. The summed E-state index contributed by atoms with van der Waals surface area (Å²) in [4.78, 5) is 30.0. The molecule has 1 aliphatic rings. The molecule has 7 heteroatoms. The van der Waals surface area contributed by atoms with Gasteiger partial charge in [0, 0.05) is 42.5 Å². The van der Waals surface area contributed by atoms with Crippen LogP contribution in [-0.2, 0) is 17.6 Å². The maximum Gasteiger partial charge on any atom is 0.408 e. The number of carbonyl (C=O) groups is 2. The van der Waals surface area contributed by atoms with Gasteiger partial charge >= 0.3 is 6.09 Å². The number of halogens is 1. The fourth-order valence-corrected chi connectivity index (χ4v) is 5.03. The maximum absolute atomic E-state index is 13.9. The zero-order valence-electron chi connectivity index (χ0n) is 20.8. The van der Waals surface area contributed by atoms with Crippen molar-refractivity contribution in [3.8, 4) is 0 Å². The Bertz CT molecular complexity index is 1030. The smallest absolute Gasteiger partial charge is 0.408 e. The van der Waals surface area contributed by atoms with Crippen molar-refractivity contribution < 1.29 is 14.7 Å². The Morgan fingerprint density at radius 1 is 1.09 bits per heavy atom. The maximum atomic E-state index is 13.9. The van der Waals surface area contributed by atoms with Crippen LogP contribution in [-0.4, -0.2) is 47.2 Å². The number of aryl methyl sites for hydroxylation is 1.